The summed E-state index contributed by atoms with van der Waals surface area (Å²) in [5.74, 6) is -0.337. The Morgan fingerprint density at radius 3 is 2.77 bits per heavy atom. The van der Waals surface area contributed by atoms with Crippen molar-refractivity contribution in [2.75, 3.05) is 6.54 Å². The Morgan fingerprint density at radius 1 is 1.54 bits per heavy atom. The van der Waals surface area contributed by atoms with E-state index in [1.165, 1.54) is 12.8 Å². The van der Waals surface area contributed by atoms with Gasteiger partial charge >= 0.3 is 0 Å². The number of amides is 2. The third-order valence-electron chi connectivity index (χ3n) is 2.93. The molecule has 0 aromatic rings. The number of hydrogen-bond acceptors (Lipinski definition) is 2. The van der Waals surface area contributed by atoms with Crippen LogP contribution in [0.4, 0.5) is 0 Å². The van der Waals surface area contributed by atoms with Crippen LogP contribution >= 0.6 is 0 Å². The number of carbonyl (C=O) groups excluding carboxylic acids is 2. The summed E-state index contributed by atoms with van der Waals surface area (Å²) in [4.78, 5) is 22.2. The topological polar surface area (TPSA) is 72.2 Å². The smallest absolute Gasteiger partial charge is 0.232 e. The third kappa shape index (κ3) is 1.66. The summed E-state index contributed by atoms with van der Waals surface area (Å²) in [5, 5.41) is 2.69. The SMILES string of the molecule is NC(=O)C1C(=O)NCC1CC1CC1. The van der Waals surface area contributed by atoms with E-state index in [1.807, 2.05) is 0 Å². The van der Waals surface area contributed by atoms with Gasteiger partial charge in [-0.2, -0.15) is 0 Å². The average molecular weight is 182 g/mol. The van der Waals surface area contributed by atoms with E-state index in [1.54, 1.807) is 0 Å². The predicted molar refractivity (Wildman–Crippen MR) is 46.5 cm³/mol. The van der Waals surface area contributed by atoms with Crippen LogP contribution in [0.2, 0.25) is 0 Å². The van der Waals surface area contributed by atoms with Crippen LogP contribution in [-0.2, 0) is 9.59 Å². The molecule has 1 saturated heterocycles. The molecule has 0 radical (unpaired) electrons. The van der Waals surface area contributed by atoms with E-state index in [2.05, 4.69) is 5.32 Å². The Morgan fingerprint density at radius 2 is 2.23 bits per heavy atom. The van der Waals surface area contributed by atoms with Crippen molar-refractivity contribution in [3.63, 3.8) is 0 Å². The zero-order valence-corrected chi connectivity index (χ0v) is 7.45. The molecule has 2 rings (SSSR count). The molecule has 1 aliphatic carbocycles. The fraction of sp³-hybridized carbons (Fsp3) is 0.778. The molecule has 1 saturated carbocycles. The van der Waals surface area contributed by atoms with Crippen molar-refractivity contribution < 1.29 is 9.59 Å². The van der Waals surface area contributed by atoms with Gasteiger partial charge in [0.1, 0.15) is 5.92 Å². The van der Waals surface area contributed by atoms with Crippen molar-refractivity contribution in [2.45, 2.75) is 19.3 Å². The lowest BCUT2D eigenvalue weighted by atomic mass is 9.90. The monoisotopic (exact) mass is 182 g/mol. The van der Waals surface area contributed by atoms with Crippen LogP contribution in [-0.4, -0.2) is 18.4 Å². The van der Waals surface area contributed by atoms with Crippen molar-refractivity contribution in [3.05, 3.63) is 0 Å². The summed E-state index contributed by atoms with van der Waals surface area (Å²) in [6, 6.07) is 0. The molecule has 0 spiro atoms. The van der Waals surface area contributed by atoms with E-state index in [0.29, 0.717) is 6.54 Å². The molecule has 0 aromatic carbocycles. The van der Waals surface area contributed by atoms with Gasteiger partial charge < -0.3 is 11.1 Å². The molecule has 2 amide bonds. The molecule has 3 N–H and O–H groups in total. The number of hydrogen-bond donors (Lipinski definition) is 2. The van der Waals surface area contributed by atoms with Gasteiger partial charge in [-0.1, -0.05) is 12.8 Å². The van der Waals surface area contributed by atoms with Crippen molar-refractivity contribution in [1.29, 1.82) is 0 Å². The second-order valence-corrected chi connectivity index (χ2v) is 4.06. The Labute approximate surface area is 76.9 Å². The average Bonchev–Trinajstić information content (AvgIpc) is 2.76. The minimum atomic E-state index is -0.569. The first-order chi connectivity index (χ1) is 6.18. The predicted octanol–water partition coefficient (Wildman–Crippen LogP) is -0.366. The fourth-order valence-corrected chi connectivity index (χ4v) is 2.04. The standard InChI is InChI=1S/C9H14N2O2/c10-8(12)7-6(3-5-1-2-5)4-11-9(7)13/h5-7H,1-4H2,(H2,10,12)(H,11,13). The zero-order chi connectivity index (χ0) is 9.42. The summed E-state index contributed by atoms with van der Waals surface area (Å²) in [5.41, 5.74) is 5.17. The van der Waals surface area contributed by atoms with Gasteiger partial charge in [0.05, 0.1) is 0 Å². The number of nitrogens with two attached hydrogens (primary N) is 1. The molecule has 0 aromatic heterocycles. The number of carbonyl (C=O) groups is 2. The van der Waals surface area contributed by atoms with E-state index in [9.17, 15) is 9.59 Å². The molecule has 2 fully saturated rings. The lowest BCUT2D eigenvalue weighted by Crippen LogP contribution is -2.33. The van der Waals surface area contributed by atoms with Gasteiger partial charge in [-0.05, 0) is 18.3 Å². The highest BCUT2D eigenvalue weighted by atomic mass is 16.2. The van der Waals surface area contributed by atoms with Crippen LogP contribution in [0.15, 0.2) is 0 Å². The highest BCUT2D eigenvalue weighted by molar-refractivity contribution is 6.01. The summed E-state index contributed by atoms with van der Waals surface area (Å²) < 4.78 is 0. The number of rotatable bonds is 3. The van der Waals surface area contributed by atoms with Gasteiger partial charge in [0.2, 0.25) is 11.8 Å². The van der Waals surface area contributed by atoms with Crippen molar-refractivity contribution in [1.82, 2.24) is 5.32 Å². The molecule has 0 bridgehead atoms. The van der Waals surface area contributed by atoms with Gasteiger partial charge in [0, 0.05) is 6.54 Å². The van der Waals surface area contributed by atoms with Gasteiger partial charge in [-0.25, -0.2) is 0 Å². The van der Waals surface area contributed by atoms with Crippen LogP contribution < -0.4 is 11.1 Å². The fourth-order valence-electron chi connectivity index (χ4n) is 2.04. The molecule has 72 valence electrons. The highest BCUT2D eigenvalue weighted by Crippen LogP contribution is 2.38. The van der Waals surface area contributed by atoms with E-state index in [-0.39, 0.29) is 11.8 Å². The van der Waals surface area contributed by atoms with Crippen LogP contribution in [0.5, 0.6) is 0 Å². The molecule has 1 aliphatic heterocycles. The Balaban J connectivity index is 2.00. The molecular formula is C9H14N2O2. The van der Waals surface area contributed by atoms with Gasteiger partial charge in [-0.15, -0.1) is 0 Å². The maximum absolute atomic E-state index is 11.2. The van der Waals surface area contributed by atoms with E-state index >= 15 is 0 Å². The van der Waals surface area contributed by atoms with E-state index < -0.39 is 11.8 Å². The number of nitrogens with one attached hydrogen (secondary N) is 1. The van der Waals surface area contributed by atoms with Gasteiger partial charge in [0.15, 0.2) is 0 Å². The van der Waals surface area contributed by atoms with Crippen molar-refractivity contribution in [2.24, 2.45) is 23.5 Å². The minimum Gasteiger partial charge on any atom is -0.369 e. The van der Waals surface area contributed by atoms with Crippen LogP contribution in [0, 0.1) is 17.8 Å². The molecular weight excluding hydrogens is 168 g/mol. The Kier molecular flexibility index (Phi) is 1.98. The van der Waals surface area contributed by atoms with E-state index in [0.717, 1.165) is 12.3 Å². The quantitative estimate of drug-likeness (QED) is 0.585. The maximum Gasteiger partial charge on any atom is 0.232 e. The summed E-state index contributed by atoms with van der Waals surface area (Å²) in [7, 11) is 0. The van der Waals surface area contributed by atoms with Gasteiger partial charge in [-0.3, -0.25) is 9.59 Å². The van der Waals surface area contributed by atoms with Crippen LogP contribution in [0.25, 0.3) is 0 Å². The molecule has 13 heavy (non-hydrogen) atoms. The highest BCUT2D eigenvalue weighted by Gasteiger charge is 2.41. The second kappa shape index (κ2) is 3.01. The lowest BCUT2D eigenvalue weighted by Gasteiger charge is -2.12. The first kappa shape index (κ1) is 8.53. The lowest BCUT2D eigenvalue weighted by molar-refractivity contribution is -0.132. The molecule has 1 heterocycles. The van der Waals surface area contributed by atoms with Crippen molar-refractivity contribution >= 4 is 11.8 Å². The second-order valence-electron chi connectivity index (χ2n) is 4.06. The molecule has 4 heteroatoms. The maximum atomic E-state index is 11.2. The summed E-state index contributed by atoms with van der Waals surface area (Å²) >= 11 is 0. The first-order valence-corrected chi connectivity index (χ1v) is 4.75. The Hall–Kier alpha value is -1.06. The first-order valence-electron chi connectivity index (χ1n) is 4.75. The molecule has 2 aliphatic rings. The van der Waals surface area contributed by atoms with Gasteiger partial charge in [0.25, 0.3) is 0 Å². The summed E-state index contributed by atoms with van der Waals surface area (Å²) in [6.07, 6.45) is 3.47. The third-order valence-corrected chi connectivity index (χ3v) is 2.93. The normalized spacial score (nSPS) is 33.1. The molecule has 2 atom stereocenters. The number of primary amides is 1. The van der Waals surface area contributed by atoms with E-state index in [4.69, 9.17) is 5.73 Å². The molecule has 4 nitrogen and oxygen atoms in total. The summed E-state index contributed by atoms with van der Waals surface area (Å²) in [6.45, 7) is 0.628. The minimum absolute atomic E-state index is 0.150. The largest absolute Gasteiger partial charge is 0.369 e. The zero-order valence-electron chi connectivity index (χ0n) is 7.45. The van der Waals surface area contributed by atoms with Crippen LogP contribution in [0.3, 0.4) is 0 Å². The Bertz CT molecular complexity index is 248. The molecule has 2 unspecified atom stereocenters. The van der Waals surface area contributed by atoms with Crippen LogP contribution in [0.1, 0.15) is 19.3 Å². The van der Waals surface area contributed by atoms with Crippen molar-refractivity contribution in [3.8, 4) is 0 Å².